The highest BCUT2D eigenvalue weighted by molar-refractivity contribution is 5.94. The first kappa shape index (κ1) is 31.0. The van der Waals surface area contributed by atoms with Crippen LogP contribution in [0.1, 0.15) is 48.2 Å². The molecule has 0 bridgehead atoms. The van der Waals surface area contributed by atoms with Crippen molar-refractivity contribution in [3.63, 3.8) is 0 Å². The molecule has 42 heavy (non-hydrogen) atoms. The lowest BCUT2D eigenvalue weighted by atomic mass is 9.75. The van der Waals surface area contributed by atoms with Gasteiger partial charge in [0.2, 0.25) is 11.8 Å². The standard InChI is InChI=1S/C28H29F5N4O5/c29-27(30)11-9-17(10-12-27)19(25(39)37-41)14-24(38)22(13-16-5-7-18(8-6-16)42-28(31,32)33)36-26(40)23-15-34-20-3-1-2-4-21(20)35-23/h1-8,15,17,19,22,24,38,41H,9-14H2,(H,36,40)(H,37,39). The second-order valence-corrected chi connectivity index (χ2v) is 10.3. The van der Waals surface area contributed by atoms with E-state index in [0.717, 1.165) is 12.1 Å². The Kier molecular flexibility index (Phi) is 9.57. The molecule has 0 aliphatic heterocycles. The molecule has 0 spiro atoms. The Balaban J connectivity index is 1.56. The molecule has 226 valence electrons. The maximum atomic E-state index is 13.7. The molecule has 0 saturated heterocycles. The van der Waals surface area contributed by atoms with Gasteiger partial charge in [0.25, 0.3) is 5.91 Å². The van der Waals surface area contributed by atoms with Crippen LogP contribution in [0.25, 0.3) is 11.0 Å². The number of halogens is 5. The van der Waals surface area contributed by atoms with Gasteiger partial charge in [-0.25, -0.2) is 19.2 Å². The van der Waals surface area contributed by atoms with Crippen molar-refractivity contribution in [3.8, 4) is 5.75 Å². The van der Waals surface area contributed by atoms with Crippen LogP contribution in [0.2, 0.25) is 0 Å². The zero-order chi connectivity index (χ0) is 30.5. The molecule has 0 radical (unpaired) electrons. The van der Waals surface area contributed by atoms with Crippen LogP contribution in [-0.4, -0.2) is 56.5 Å². The third kappa shape index (κ3) is 8.32. The van der Waals surface area contributed by atoms with Crippen molar-refractivity contribution in [1.82, 2.24) is 20.8 Å². The van der Waals surface area contributed by atoms with Gasteiger partial charge in [-0.3, -0.25) is 19.8 Å². The van der Waals surface area contributed by atoms with E-state index in [1.807, 2.05) is 0 Å². The minimum atomic E-state index is -4.89. The van der Waals surface area contributed by atoms with Crippen molar-refractivity contribution in [3.05, 3.63) is 66.0 Å². The van der Waals surface area contributed by atoms with Crippen molar-refractivity contribution >= 4 is 22.8 Å². The fraction of sp³-hybridized carbons (Fsp3) is 0.429. The number of amides is 2. The topological polar surface area (TPSA) is 134 Å². The number of hydrogen-bond acceptors (Lipinski definition) is 7. The SMILES string of the molecule is O=C(NC(Cc1ccc(OC(F)(F)F)cc1)C(O)CC(C(=O)NO)C1CCC(F)(F)CC1)c1cnc2ccccc2n1. The second kappa shape index (κ2) is 12.9. The van der Waals surface area contributed by atoms with E-state index in [0.29, 0.717) is 16.6 Å². The number of aliphatic hydroxyl groups is 1. The number of alkyl halides is 5. The number of para-hydroxylation sites is 2. The molecule has 1 aliphatic carbocycles. The number of hydroxylamine groups is 1. The van der Waals surface area contributed by atoms with Crippen LogP contribution in [0.3, 0.4) is 0 Å². The number of ether oxygens (including phenoxy) is 1. The summed E-state index contributed by atoms with van der Waals surface area (Å²) in [6.07, 6.45) is -6.38. The lowest BCUT2D eigenvalue weighted by Gasteiger charge is -2.35. The van der Waals surface area contributed by atoms with E-state index in [-0.39, 0.29) is 31.4 Å². The van der Waals surface area contributed by atoms with E-state index in [1.54, 1.807) is 24.3 Å². The smallest absolute Gasteiger partial charge is 0.406 e. The first-order valence-corrected chi connectivity index (χ1v) is 13.2. The monoisotopic (exact) mass is 596 g/mol. The van der Waals surface area contributed by atoms with Gasteiger partial charge in [0.05, 0.1) is 29.4 Å². The predicted molar refractivity (Wildman–Crippen MR) is 139 cm³/mol. The first-order chi connectivity index (χ1) is 19.8. The summed E-state index contributed by atoms with van der Waals surface area (Å²) in [7, 11) is 0. The molecule has 2 aromatic carbocycles. The molecule has 3 unspecified atom stereocenters. The van der Waals surface area contributed by atoms with E-state index >= 15 is 0 Å². The Bertz CT molecular complexity index is 1380. The molecule has 4 N–H and O–H groups in total. The highest BCUT2D eigenvalue weighted by Gasteiger charge is 2.41. The summed E-state index contributed by atoms with van der Waals surface area (Å²) in [6.45, 7) is 0. The van der Waals surface area contributed by atoms with Crippen LogP contribution in [-0.2, 0) is 11.2 Å². The Morgan fingerprint density at radius 2 is 1.69 bits per heavy atom. The number of carbonyl (C=O) groups is 2. The largest absolute Gasteiger partial charge is 0.573 e. The minimum absolute atomic E-state index is 0.0117. The average molecular weight is 597 g/mol. The average Bonchev–Trinajstić information content (AvgIpc) is 2.95. The van der Waals surface area contributed by atoms with Crippen LogP contribution >= 0.6 is 0 Å². The zero-order valence-electron chi connectivity index (χ0n) is 22.2. The molecule has 4 rings (SSSR count). The molecule has 14 heteroatoms. The van der Waals surface area contributed by atoms with E-state index in [1.165, 1.54) is 23.8 Å². The molecule has 3 atom stereocenters. The molecule has 1 aliphatic rings. The number of aromatic nitrogens is 2. The van der Waals surface area contributed by atoms with Gasteiger partial charge in [0.1, 0.15) is 11.4 Å². The number of hydrogen-bond donors (Lipinski definition) is 4. The van der Waals surface area contributed by atoms with Gasteiger partial charge in [-0.1, -0.05) is 24.3 Å². The van der Waals surface area contributed by atoms with Crippen molar-refractivity contribution in [2.45, 2.75) is 63.0 Å². The Morgan fingerprint density at radius 3 is 2.31 bits per heavy atom. The Labute approximate surface area is 237 Å². The maximum absolute atomic E-state index is 13.7. The molecule has 1 saturated carbocycles. The summed E-state index contributed by atoms with van der Waals surface area (Å²) >= 11 is 0. The number of nitrogens with zero attached hydrogens (tertiary/aromatic N) is 2. The summed E-state index contributed by atoms with van der Waals surface area (Å²) in [5.41, 5.74) is 2.87. The number of nitrogens with one attached hydrogen (secondary N) is 2. The maximum Gasteiger partial charge on any atom is 0.573 e. The van der Waals surface area contributed by atoms with Crippen LogP contribution in [0.5, 0.6) is 5.75 Å². The van der Waals surface area contributed by atoms with E-state index < -0.39 is 66.7 Å². The van der Waals surface area contributed by atoms with E-state index in [9.17, 15) is 41.9 Å². The lowest BCUT2D eigenvalue weighted by molar-refractivity contribution is -0.274. The Hall–Kier alpha value is -3.91. The number of carbonyl (C=O) groups excluding carboxylic acids is 2. The molecular formula is C28H29F5N4O5. The lowest BCUT2D eigenvalue weighted by Crippen LogP contribution is -2.48. The fourth-order valence-electron chi connectivity index (χ4n) is 5.16. The number of fused-ring (bicyclic) bond motifs is 1. The van der Waals surface area contributed by atoms with Crippen molar-refractivity contribution in [2.75, 3.05) is 0 Å². The zero-order valence-corrected chi connectivity index (χ0v) is 22.2. The number of aliphatic hydroxyl groups excluding tert-OH is 1. The van der Waals surface area contributed by atoms with Crippen molar-refractivity contribution < 1.29 is 46.6 Å². The van der Waals surface area contributed by atoms with Gasteiger partial charge in [-0.15, -0.1) is 13.2 Å². The third-order valence-electron chi connectivity index (χ3n) is 7.35. The normalized spacial score (nSPS) is 17.7. The van der Waals surface area contributed by atoms with Crippen LogP contribution in [0, 0.1) is 11.8 Å². The van der Waals surface area contributed by atoms with Crippen molar-refractivity contribution in [2.24, 2.45) is 11.8 Å². The summed E-state index contributed by atoms with van der Waals surface area (Å²) in [6, 6.07) is 10.5. The van der Waals surface area contributed by atoms with Crippen LogP contribution < -0.4 is 15.5 Å². The predicted octanol–water partition coefficient (Wildman–Crippen LogP) is 4.57. The number of rotatable bonds is 10. The summed E-state index contributed by atoms with van der Waals surface area (Å²) in [5, 5.41) is 23.2. The molecule has 1 heterocycles. The van der Waals surface area contributed by atoms with Gasteiger partial charge in [0, 0.05) is 18.8 Å². The number of benzene rings is 2. The Morgan fingerprint density at radius 1 is 1.05 bits per heavy atom. The van der Waals surface area contributed by atoms with Gasteiger partial charge < -0.3 is 15.2 Å². The molecule has 3 aromatic rings. The van der Waals surface area contributed by atoms with E-state index in [2.05, 4.69) is 20.0 Å². The van der Waals surface area contributed by atoms with Gasteiger partial charge >= 0.3 is 6.36 Å². The highest BCUT2D eigenvalue weighted by atomic mass is 19.4. The van der Waals surface area contributed by atoms with Crippen molar-refractivity contribution in [1.29, 1.82) is 0 Å². The van der Waals surface area contributed by atoms with Gasteiger partial charge in [-0.05, 0) is 61.4 Å². The summed E-state index contributed by atoms with van der Waals surface area (Å²) in [5.74, 6) is -6.52. The second-order valence-electron chi connectivity index (χ2n) is 10.3. The third-order valence-corrected chi connectivity index (χ3v) is 7.35. The first-order valence-electron chi connectivity index (χ1n) is 13.2. The summed E-state index contributed by atoms with van der Waals surface area (Å²) < 4.78 is 69.1. The van der Waals surface area contributed by atoms with Gasteiger partial charge in [-0.2, -0.15) is 0 Å². The molecule has 2 amide bonds. The van der Waals surface area contributed by atoms with Crippen LogP contribution in [0.15, 0.2) is 54.7 Å². The molecular weight excluding hydrogens is 567 g/mol. The van der Waals surface area contributed by atoms with Crippen LogP contribution in [0.4, 0.5) is 22.0 Å². The molecule has 9 nitrogen and oxygen atoms in total. The highest BCUT2D eigenvalue weighted by Crippen LogP contribution is 2.40. The molecule has 1 aromatic heterocycles. The quantitative estimate of drug-likeness (QED) is 0.153. The summed E-state index contributed by atoms with van der Waals surface area (Å²) in [4.78, 5) is 34.2. The molecule has 1 fully saturated rings. The fourth-order valence-corrected chi connectivity index (χ4v) is 5.16. The minimum Gasteiger partial charge on any atom is -0.406 e. The van der Waals surface area contributed by atoms with Gasteiger partial charge in [0.15, 0.2) is 0 Å². The van der Waals surface area contributed by atoms with E-state index in [4.69, 9.17) is 0 Å².